The van der Waals surface area contributed by atoms with Gasteiger partial charge in [0.1, 0.15) is 31.4 Å². The molecule has 1 fully saturated rings. The number of H-pyrrole nitrogens is 1. The number of carbonyl (C=O) groups is 2. The van der Waals surface area contributed by atoms with Crippen LogP contribution in [0.25, 0.3) is 10.9 Å². The second kappa shape index (κ2) is 14.2. The molecule has 11 heteroatoms. The molecule has 0 radical (unpaired) electrons. The Morgan fingerprint density at radius 3 is 1.96 bits per heavy atom. The first kappa shape index (κ1) is 31.9. The highest BCUT2D eigenvalue weighted by atomic mass is 16.3. The number of hydrogen-bond donors (Lipinski definition) is 3. The number of urea groups is 1. The van der Waals surface area contributed by atoms with Crippen LogP contribution in [0.1, 0.15) is 32.6 Å². The Hall–Kier alpha value is -5.65. The molecule has 0 spiro atoms. The van der Waals surface area contributed by atoms with Gasteiger partial charge < -0.3 is 20.0 Å². The van der Waals surface area contributed by atoms with Gasteiger partial charge in [-0.2, -0.15) is 10.2 Å². The smallest absolute Gasteiger partial charge is 0.321 e. The van der Waals surface area contributed by atoms with E-state index in [2.05, 4.69) is 20.3 Å². The van der Waals surface area contributed by atoms with Crippen LogP contribution < -0.4 is 0 Å². The van der Waals surface area contributed by atoms with Gasteiger partial charge in [0.15, 0.2) is 5.78 Å². The lowest BCUT2D eigenvalue weighted by Crippen LogP contribution is -2.50. The number of fused-ring (bicyclic) bond motifs is 1. The molecule has 7 rings (SSSR count). The standard InChI is InChI=1S/C38H37N7O4/c46-35(23-43-25-39-24-41-43)30-13-7-12-28(16-30)21-44-33(18-26-8-3-1-4-9-26)36(47)37(48)34(19-27-10-5-2-6-11-27)45(38(44)49)22-29-14-15-32-31(17-29)20-40-42-32/h1-17,20,24-25,33-34,36-37,47-48H,18-19,21-23H2,(H,40,42)/t33-,34-,36+,37+/m1/s1. The van der Waals surface area contributed by atoms with Crippen molar-refractivity contribution in [2.75, 3.05) is 0 Å². The monoisotopic (exact) mass is 655 g/mol. The third-order valence-corrected chi connectivity index (χ3v) is 9.24. The Labute approximate surface area is 283 Å². The molecular formula is C38H37N7O4. The summed E-state index contributed by atoms with van der Waals surface area (Å²) < 4.78 is 1.46. The van der Waals surface area contributed by atoms with Gasteiger partial charge in [-0.15, -0.1) is 0 Å². The number of Topliss-reactive ketones (excluding diaryl/α,β-unsaturated/α-hetero) is 1. The summed E-state index contributed by atoms with van der Waals surface area (Å²) in [5.41, 5.74) is 4.80. The van der Waals surface area contributed by atoms with Gasteiger partial charge in [-0.05, 0) is 53.3 Å². The maximum Gasteiger partial charge on any atom is 0.321 e. The lowest BCUT2D eigenvalue weighted by molar-refractivity contribution is -0.0408. The molecule has 1 aliphatic rings. The van der Waals surface area contributed by atoms with E-state index in [4.69, 9.17) is 0 Å². The highest BCUT2D eigenvalue weighted by molar-refractivity contribution is 5.96. The molecule has 2 aromatic heterocycles. The quantitative estimate of drug-likeness (QED) is 0.176. The number of rotatable bonds is 11. The van der Waals surface area contributed by atoms with Crippen molar-refractivity contribution >= 4 is 22.7 Å². The summed E-state index contributed by atoms with van der Waals surface area (Å²) in [4.78, 5) is 35.4. The minimum atomic E-state index is -1.27. The Kier molecular flexibility index (Phi) is 9.27. The van der Waals surface area contributed by atoms with E-state index in [0.29, 0.717) is 18.4 Å². The second-order valence-electron chi connectivity index (χ2n) is 12.5. The average molecular weight is 656 g/mol. The topological polar surface area (TPSA) is 140 Å². The molecule has 0 unspecified atom stereocenters. The molecule has 11 nitrogen and oxygen atoms in total. The lowest BCUT2D eigenvalue weighted by atomic mass is 9.90. The molecule has 0 saturated carbocycles. The molecule has 4 atom stereocenters. The summed E-state index contributed by atoms with van der Waals surface area (Å²) >= 11 is 0. The van der Waals surface area contributed by atoms with E-state index in [-0.39, 0.29) is 31.4 Å². The van der Waals surface area contributed by atoms with Crippen molar-refractivity contribution < 1.29 is 19.8 Å². The van der Waals surface area contributed by atoms with Gasteiger partial charge in [0.2, 0.25) is 0 Å². The molecule has 0 aliphatic carbocycles. The van der Waals surface area contributed by atoms with Crippen LogP contribution in [-0.2, 0) is 32.5 Å². The number of aliphatic hydroxyl groups excluding tert-OH is 2. The largest absolute Gasteiger partial charge is 0.388 e. The van der Waals surface area contributed by atoms with Gasteiger partial charge in [0.25, 0.3) is 0 Å². The summed E-state index contributed by atoms with van der Waals surface area (Å²) in [6.07, 6.45) is 2.75. The van der Waals surface area contributed by atoms with E-state index < -0.39 is 24.3 Å². The number of ketones is 1. The molecule has 6 aromatic rings. The Bertz CT molecular complexity index is 2020. The minimum Gasteiger partial charge on any atom is -0.388 e. The fourth-order valence-corrected chi connectivity index (χ4v) is 6.70. The number of benzene rings is 4. The molecule has 49 heavy (non-hydrogen) atoms. The van der Waals surface area contributed by atoms with Crippen molar-refractivity contribution in [3.8, 4) is 0 Å². The SMILES string of the molecule is O=C(Cn1cncn1)c1cccc(CN2C(=O)N(Cc3ccc4[nH]ncc4c3)[C@H](Cc3ccccc3)[C@H](O)[C@@H](O)[C@H]2Cc2ccccc2)c1. The maximum atomic E-state index is 15.0. The van der Waals surface area contributed by atoms with Gasteiger partial charge in [-0.25, -0.2) is 14.5 Å². The highest BCUT2D eigenvalue weighted by Gasteiger charge is 2.46. The van der Waals surface area contributed by atoms with Crippen LogP contribution in [0.5, 0.6) is 0 Å². The number of aromatic nitrogens is 5. The second-order valence-corrected chi connectivity index (χ2v) is 12.5. The Morgan fingerprint density at radius 1 is 0.735 bits per heavy atom. The number of amides is 2. The number of carbonyl (C=O) groups excluding carboxylic acids is 2. The van der Waals surface area contributed by atoms with Crippen LogP contribution >= 0.6 is 0 Å². The number of nitrogens with zero attached hydrogens (tertiary/aromatic N) is 6. The van der Waals surface area contributed by atoms with E-state index in [1.54, 1.807) is 34.2 Å². The van der Waals surface area contributed by atoms with Crippen molar-refractivity contribution in [3.63, 3.8) is 0 Å². The fourth-order valence-electron chi connectivity index (χ4n) is 6.70. The van der Waals surface area contributed by atoms with Crippen LogP contribution in [0.2, 0.25) is 0 Å². The van der Waals surface area contributed by atoms with E-state index in [0.717, 1.165) is 33.2 Å². The molecule has 4 aromatic carbocycles. The third-order valence-electron chi connectivity index (χ3n) is 9.24. The van der Waals surface area contributed by atoms with Crippen molar-refractivity contribution in [2.24, 2.45) is 0 Å². The van der Waals surface area contributed by atoms with Crippen LogP contribution in [0, 0.1) is 0 Å². The average Bonchev–Trinajstić information content (AvgIpc) is 3.82. The number of hydrogen-bond acceptors (Lipinski definition) is 7. The first-order valence-corrected chi connectivity index (χ1v) is 16.3. The Balaban J connectivity index is 1.28. The highest BCUT2D eigenvalue weighted by Crippen LogP contribution is 2.30. The fraction of sp³-hybridized carbons (Fsp3) is 0.237. The van der Waals surface area contributed by atoms with E-state index in [9.17, 15) is 15.0 Å². The zero-order chi connectivity index (χ0) is 33.7. The van der Waals surface area contributed by atoms with Crippen LogP contribution in [0.3, 0.4) is 0 Å². The normalized spacial score (nSPS) is 19.7. The van der Waals surface area contributed by atoms with E-state index in [1.165, 1.54) is 17.3 Å². The van der Waals surface area contributed by atoms with Crippen LogP contribution in [0.4, 0.5) is 4.79 Å². The van der Waals surface area contributed by atoms with Crippen molar-refractivity contribution in [3.05, 3.63) is 150 Å². The molecule has 1 aliphatic heterocycles. The predicted octanol–water partition coefficient (Wildman–Crippen LogP) is 4.42. The van der Waals surface area contributed by atoms with Gasteiger partial charge in [0.05, 0.1) is 23.8 Å². The lowest BCUT2D eigenvalue weighted by Gasteiger charge is -2.36. The van der Waals surface area contributed by atoms with Gasteiger partial charge in [0, 0.05) is 24.0 Å². The van der Waals surface area contributed by atoms with E-state index in [1.807, 2.05) is 84.9 Å². The predicted molar refractivity (Wildman–Crippen MR) is 183 cm³/mol. The van der Waals surface area contributed by atoms with Crippen molar-refractivity contribution in [1.82, 2.24) is 34.8 Å². The van der Waals surface area contributed by atoms with Crippen LogP contribution in [0.15, 0.2) is 122 Å². The Morgan fingerprint density at radius 2 is 1.35 bits per heavy atom. The molecule has 248 valence electrons. The number of aliphatic hydroxyl groups is 2. The minimum absolute atomic E-state index is 0.0313. The third kappa shape index (κ3) is 7.13. The molecule has 3 heterocycles. The van der Waals surface area contributed by atoms with Crippen molar-refractivity contribution in [2.45, 2.75) is 56.8 Å². The van der Waals surface area contributed by atoms with Gasteiger partial charge in [-0.1, -0.05) is 84.9 Å². The molecular weight excluding hydrogens is 618 g/mol. The summed E-state index contributed by atoms with van der Waals surface area (Å²) in [5.74, 6) is -0.148. The van der Waals surface area contributed by atoms with Gasteiger partial charge in [-0.3, -0.25) is 9.89 Å². The molecule has 2 amide bonds. The molecule has 3 N–H and O–H groups in total. The van der Waals surface area contributed by atoms with Crippen molar-refractivity contribution in [1.29, 1.82) is 0 Å². The summed E-state index contributed by atoms with van der Waals surface area (Å²) in [6.45, 7) is 0.343. The molecule has 1 saturated heterocycles. The zero-order valence-electron chi connectivity index (χ0n) is 26.8. The first-order chi connectivity index (χ1) is 23.9. The summed E-state index contributed by atoms with van der Waals surface area (Å²) in [7, 11) is 0. The van der Waals surface area contributed by atoms with E-state index >= 15 is 4.79 Å². The zero-order valence-corrected chi connectivity index (χ0v) is 26.8. The first-order valence-electron chi connectivity index (χ1n) is 16.3. The van der Waals surface area contributed by atoms with Crippen LogP contribution in [-0.4, -0.2) is 81.1 Å². The van der Waals surface area contributed by atoms with Gasteiger partial charge >= 0.3 is 6.03 Å². The maximum absolute atomic E-state index is 15.0. The molecule has 0 bridgehead atoms. The summed E-state index contributed by atoms with van der Waals surface area (Å²) in [6, 6.07) is 30.6. The summed E-state index contributed by atoms with van der Waals surface area (Å²) in [5, 5.41) is 36.1. The number of nitrogens with one attached hydrogen (secondary N) is 1. The number of aromatic amines is 1.